The minimum atomic E-state index is 0.0822. The summed E-state index contributed by atoms with van der Waals surface area (Å²) in [6, 6.07) is 16.3. The van der Waals surface area contributed by atoms with Crippen molar-refractivity contribution < 1.29 is 4.79 Å². The van der Waals surface area contributed by atoms with Gasteiger partial charge in [-0.3, -0.25) is 4.79 Å². The second kappa shape index (κ2) is 5.84. The first-order chi connectivity index (χ1) is 10.6. The zero-order chi connectivity index (χ0) is 15.7. The number of aryl methyl sites for hydroxylation is 1. The van der Waals surface area contributed by atoms with Crippen molar-refractivity contribution in [2.45, 2.75) is 26.8 Å². The number of carbonyl (C=O) groups is 1. The maximum Gasteiger partial charge on any atom is 0.258 e. The van der Waals surface area contributed by atoms with E-state index in [0.717, 1.165) is 35.6 Å². The quantitative estimate of drug-likeness (QED) is 0.839. The van der Waals surface area contributed by atoms with Crippen LogP contribution in [0.15, 0.2) is 48.5 Å². The van der Waals surface area contributed by atoms with Crippen LogP contribution in [0.2, 0.25) is 0 Å². The Hall–Kier alpha value is -2.29. The number of anilines is 2. The van der Waals surface area contributed by atoms with Crippen molar-refractivity contribution in [3.63, 3.8) is 0 Å². The summed E-state index contributed by atoms with van der Waals surface area (Å²) >= 11 is 0. The Morgan fingerprint density at radius 2 is 1.86 bits per heavy atom. The van der Waals surface area contributed by atoms with Crippen LogP contribution in [0.5, 0.6) is 0 Å². The normalized spacial score (nSPS) is 17.3. The number of benzene rings is 2. The van der Waals surface area contributed by atoms with Gasteiger partial charge in [0.15, 0.2) is 0 Å². The lowest BCUT2D eigenvalue weighted by Gasteiger charge is -2.42. The fourth-order valence-corrected chi connectivity index (χ4v) is 3.24. The summed E-state index contributed by atoms with van der Waals surface area (Å²) in [5.41, 5.74) is 4.02. The third-order valence-corrected chi connectivity index (χ3v) is 4.31. The van der Waals surface area contributed by atoms with Gasteiger partial charge in [-0.2, -0.15) is 0 Å². The van der Waals surface area contributed by atoms with Crippen LogP contribution in [0.1, 0.15) is 29.8 Å². The van der Waals surface area contributed by atoms with E-state index in [9.17, 15) is 4.79 Å². The topological polar surface area (TPSA) is 23.6 Å². The SMILES string of the molecule is CCN1c2ccccc2N(C(=O)c2cccc(C)c2)CC1C. The molecule has 2 aromatic carbocycles. The molecule has 0 saturated heterocycles. The van der Waals surface area contributed by atoms with E-state index < -0.39 is 0 Å². The fourth-order valence-electron chi connectivity index (χ4n) is 3.24. The van der Waals surface area contributed by atoms with Crippen LogP contribution in [-0.2, 0) is 0 Å². The molecule has 0 N–H and O–H groups in total. The third-order valence-electron chi connectivity index (χ3n) is 4.31. The summed E-state index contributed by atoms with van der Waals surface area (Å²) < 4.78 is 0. The number of carbonyl (C=O) groups excluding carboxylic acids is 1. The molecule has 1 atom stereocenters. The van der Waals surface area contributed by atoms with Gasteiger partial charge in [0.25, 0.3) is 5.91 Å². The molecule has 1 aliphatic rings. The fraction of sp³-hybridized carbons (Fsp3) is 0.316. The molecular formula is C19H22N2O. The number of para-hydroxylation sites is 2. The van der Waals surface area contributed by atoms with Crippen molar-refractivity contribution >= 4 is 17.3 Å². The van der Waals surface area contributed by atoms with Crippen LogP contribution >= 0.6 is 0 Å². The largest absolute Gasteiger partial charge is 0.366 e. The zero-order valence-corrected chi connectivity index (χ0v) is 13.4. The van der Waals surface area contributed by atoms with Crippen LogP contribution in [0.4, 0.5) is 11.4 Å². The molecule has 0 aromatic heterocycles. The molecule has 3 heteroatoms. The van der Waals surface area contributed by atoms with E-state index in [1.165, 1.54) is 0 Å². The van der Waals surface area contributed by atoms with Crippen molar-refractivity contribution in [3.8, 4) is 0 Å². The molecule has 0 aliphatic carbocycles. The summed E-state index contributed by atoms with van der Waals surface area (Å²) in [5.74, 6) is 0.0822. The van der Waals surface area contributed by atoms with Gasteiger partial charge >= 0.3 is 0 Å². The molecule has 1 aliphatic heterocycles. The van der Waals surface area contributed by atoms with Crippen LogP contribution in [0, 0.1) is 6.92 Å². The molecule has 2 aromatic rings. The summed E-state index contributed by atoms with van der Waals surface area (Å²) in [5, 5.41) is 0. The molecule has 3 nitrogen and oxygen atoms in total. The van der Waals surface area contributed by atoms with E-state index in [1.54, 1.807) is 0 Å². The molecule has 0 bridgehead atoms. The first-order valence-corrected chi connectivity index (χ1v) is 7.86. The van der Waals surface area contributed by atoms with Crippen molar-refractivity contribution in [2.75, 3.05) is 22.9 Å². The second-order valence-electron chi connectivity index (χ2n) is 5.91. The minimum Gasteiger partial charge on any atom is -0.366 e. The van der Waals surface area contributed by atoms with Crippen LogP contribution in [-0.4, -0.2) is 25.0 Å². The van der Waals surface area contributed by atoms with E-state index in [2.05, 4.69) is 24.8 Å². The van der Waals surface area contributed by atoms with Crippen molar-refractivity contribution in [2.24, 2.45) is 0 Å². The van der Waals surface area contributed by atoms with Gasteiger partial charge in [-0.15, -0.1) is 0 Å². The van der Waals surface area contributed by atoms with Gasteiger partial charge < -0.3 is 9.80 Å². The highest BCUT2D eigenvalue weighted by Gasteiger charge is 2.30. The number of hydrogen-bond donors (Lipinski definition) is 0. The molecule has 1 heterocycles. The molecule has 0 spiro atoms. The van der Waals surface area contributed by atoms with Crippen molar-refractivity contribution in [3.05, 3.63) is 59.7 Å². The van der Waals surface area contributed by atoms with E-state index in [0.29, 0.717) is 6.04 Å². The van der Waals surface area contributed by atoms with Gasteiger partial charge in [0.1, 0.15) is 0 Å². The van der Waals surface area contributed by atoms with E-state index in [1.807, 2.05) is 54.3 Å². The Labute approximate surface area is 132 Å². The van der Waals surface area contributed by atoms with Crippen molar-refractivity contribution in [1.29, 1.82) is 0 Å². The van der Waals surface area contributed by atoms with Gasteiger partial charge in [-0.25, -0.2) is 0 Å². The summed E-state index contributed by atoms with van der Waals surface area (Å²) in [4.78, 5) is 17.2. The maximum atomic E-state index is 13.0. The van der Waals surface area contributed by atoms with Gasteiger partial charge in [-0.1, -0.05) is 29.8 Å². The minimum absolute atomic E-state index is 0.0822. The van der Waals surface area contributed by atoms with Gasteiger partial charge in [-0.05, 0) is 45.0 Å². The van der Waals surface area contributed by atoms with Crippen LogP contribution in [0.3, 0.4) is 0 Å². The molecule has 1 amide bonds. The van der Waals surface area contributed by atoms with Crippen LogP contribution < -0.4 is 9.80 Å². The standard InChI is InChI=1S/C19H22N2O/c1-4-20-15(3)13-21(18-11-6-5-10-17(18)20)19(22)16-9-7-8-14(2)12-16/h5-12,15H,4,13H2,1-3H3. The van der Waals surface area contributed by atoms with Crippen molar-refractivity contribution in [1.82, 2.24) is 0 Å². The zero-order valence-electron chi connectivity index (χ0n) is 13.4. The molecule has 0 saturated carbocycles. The number of rotatable bonds is 2. The number of nitrogens with zero attached hydrogens (tertiary/aromatic N) is 2. The van der Waals surface area contributed by atoms with E-state index in [4.69, 9.17) is 0 Å². The predicted octanol–water partition coefficient (Wildman–Crippen LogP) is 3.87. The molecular weight excluding hydrogens is 272 g/mol. The van der Waals surface area contributed by atoms with Gasteiger partial charge in [0.05, 0.1) is 11.4 Å². The average Bonchev–Trinajstić information content (AvgIpc) is 2.53. The smallest absolute Gasteiger partial charge is 0.258 e. The summed E-state index contributed by atoms with van der Waals surface area (Å²) in [7, 11) is 0. The molecule has 114 valence electrons. The highest BCUT2D eigenvalue weighted by atomic mass is 16.2. The lowest BCUT2D eigenvalue weighted by Crippen LogP contribution is -2.49. The molecule has 22 heavy (non-hydrogen) atoms. The Kier molecular flexibility index (Phi) is 3.88. The highest BCUT2D eigenvalue weighted by Crippen LogP contribution is 2.35. The monoisotopic (exact) mass is 294 g/mol. The number of likely N-dealkylation sites (N-methyl/N-ethyl adjacent to an activating group) is 1. The highest BCUT2D eigenvalue weighted by molar-refractivity contribution is 6.08. The molecule has 3 rings (SSSR count). The Bertz CT molecular complexity index is 695. The van der Waals surface area contributed by atoms with E-state index >= 15 is 0 Å². The predicted molar refractivity (Wildman–Crippen MR) is 91.8 cm³/mol. The molecule has 1 unspecified atom stereocenters. The van der Waals surface area contributed by atoms with Crippen LogP contribution in [0.25, 0.3) is 0 Å². The summed E-state index contributed by atoms with van der Waals surface area (Å²) in [6.07, 6.45) is 0. The van der Waals surface area contributed by atoms with Gasteiger partial charge in [0, 0.05) is 24.7 Å². The Morgan fingerprint density at radius 1 is 1.14 bits per heavy atom. The Morgan fingerprint density at radius 3 is 2.55 bits per heavy atom. The number of amides is 1. The number of hydrogen-bond acceptors (Lipinski definition) is 2. The third kappa shape index (κ3) is 2.47. The van der Waals surface area contributed by atoms with E-state index in [-0.39, 0.29) is 5.91 Å². The summed E-state index contributed by atoms with van der Waals surface area (Å²) in [6.45, 7) is 8.02. The van der Waals surface area contributed by atoms with Gasteiger partial charge in [0.2, 0.25) is 0 Å². The lowest BCUT2D eigenvalue weighted by molar-refractivity contribution is 0.0984. The first kappa shape index (κ1) is 14.6. The number of fused-ring (bicyclic) bond motifs is 1. The first-order valence-electron chi connectivity index (χ1n) is 7.86. The Balaban J connectivity index is 2.02. The lowest BCUT2D eigenvalue weighted by atomic mass is 10.1. The second-order valence-corrected chi connectivity index (χ2v) is 5.91. The molecule has 0 radical (unpaired) electrons. The molecule has 0 fully saturated rings. The maximum absolute atomic E-state index is 13.0. The average molecular weight is 294 g/mol.